The fourth-order valence-corrected chi connectivity index (χ4v) is 4.01. The molecule has 0 bridgehead atoms. The van der Waals surface area contributed by atoms with Crippen molar-refractivity contribution in [3.05, 3.63) is 25.6 Å². The third kappa shape index (κ3) is 2.89. The maximum Gasteiger partial charge on any atom is 0.249 e. The van der Waals surface area contributed by atoms with E-state index in [1.807, 2.05) is 12.1 Å². The number of anilines is 1. The second kappa shape index (κ2) is 5.07. The lowest BCUT2D eigenvalue weighted by Crippen LogP contribution is -2.30. The zero-order chi connectivity index (χ0) is 12.6. The highest BCUT2D eigenvalue weighted by molar-refractivity contribution is 9.11. The number of hydrogen-bond acceptors (Lipinski definition) is 3. The van der Waals surface area contributed by atoms with E-state index in [9.17, 15) is 9.59 Å². The summed E-state index contributed by atoms with van der Waals surface area (Å²) in [4.78, 5) is 22.5. The van der Waals surface area contributed by atoms with Gasteiger partial charge in [-0.2, -0.15) is 0 Å². The second-order valence-electron chi connectivity index (χ2n) is 3.56. The zero-order valence-electron chi connectivity index (χ0n) is 8.39. The summed E-state index contributed by atoms with van der Waals surface area (Å²) in [5.74, 6) is -0.548. The number of amides is 2. The quantitative estimate of drug-likeness (QED) is 0.715. The van der Waals surface area contributed by atoms with E-state index in [-0.39, 0.29) is 18.2 Å². The normalized spacial score (nSPS) is 19.4. The monoisotopic (exact) mass is 424 g/mol. The molecule has 1 atom stereocenters. The molecule has 2 N–H and O–H groups in total. The Morgan fingerprint density at radius 1 is 1.18 bits per heavy atom. The van der Waals surface area contributed by atoms with Crippen LogP contribution in [-0.4, -0.2) is 17.9 Å². The molecule has 17 heavy (non-hydrogen) atoms. The van der Waals surface area contributed by atoms with Gasteiger partial charge in [0.25, 0.3) is 0 Å². The van der Waals surface area contributed by atoms with Gasteiger partial charge in [0.05, 0.1) is 12.1 Å². The Kier molecular flexibility index (Phi) is 3.89. The van der Waals surface area contributed by atoms with Gasteiger partial charge >= 0.3 is 0 Å². The lowest BCUT2D eigenvalue weighted by atomic mass is 10.2. The number of nitrogens with one attached hydrogen (secondary N) is 2. The summed E-state index contributed by atoms with van der Waals surface area (Å²) >= 11 is 10.2. The Hall–Kier alpha value is -0.400. The lowest BCUT2D eigenvalue weighted by Gasteiger charge is -2.14. The highest BCUT2D eigenvalue weighted by Crippen LogP contribution is 2.35. The van der Waals surface area contributed by atoms with Gasteiger partial charge in [-0.3, -0.25) is 14.9 Å². The molecule has 1 saturated heterocycles. The molecule has 2 rings (SSSR count). The fourth-order valence-electron chi connectivity index (χ4n) is 1.52. The fraction of sp³-hybridized carbons (Fsp3) is 0.200. The molecule has 1 aromatic rings. The molecule has 1 heterocycles. The van der Waals surface area contributed by atoms with Crippen molar-refractivity contribution in [2.45, 2.75) is 12.5 Å². The second-order valence-corrected chi connectivity index (χ2v) is 6.18. The predicted octanol–water partition coefficient (Wildman–Crippen LogP) is 2.80. The Balaban J connectivity index is 2.25. The van der Waals surface area contributed by atoms with Crippen LogP contribution in [0.1, 0.15) is 6.42 Å². The summed E-state index contributed by atoms with van der Waals surface area (Å²) in [6.45, 7) is 0. The zero-order valence-corrected chi connectivity index (χ0v) is 13.1. The first-order valence-electron chi connectivity index (χ1n) is 4.72. The van der Waals surface area contributed by atoms with Crippen molar-refractivity contribution in [2.24, 2.45) is 0 Å². The van der Waals surface area contributed by atoms with E-state index in [0.717, 1.165) is 19.1 Å². The van der Waals surface area contributed by atoms with Crippen LogP contribution < -0.4 is 10.6 Å². The van der Waals surface area contributed by atoms with Crippen molar-refractivity contribution in [3.63, 3.8) is 0 Å². The number of carbonyl (C=O) groups excluding carboxylic acids is 2. The minimum Gasteiger partial charge on any atom is -0.371 e. The van der Waals surface area contributed by atoms with Crippen LogP contribution in [0.2, 0.25) is 0 Å². The van der Waals surface area contributed by atoms with Crippen LogP contribution >= 0.6 is 47.8 Å². The van der Waals surface area contributed by atoms with E-state index in [2.05, 4.69) is 58.4 Å². The van der Waals surface area contributed by atoms with Crippen LogP contribution in [0.5, 0.6) is 0 Å². The standard InChI is InChI=1S/C10H7Br3N2O2/c11-4-1-5(12)9(6(13)2-4)14-7-3-8(16)15-10(7)17/h1-2,7,14H,3H2,(H,15,16,17). The molecule has 0 aliphatic carbocycles. The molecule has 4 nitrogen and oxygen atoms in total. The highest BCUT2D eigenvalue weighted by Gasteiger charge is 2.31. The summed E-state index contributed by atoms with van der Waals surface area (Å²) in [6.07, 6.45) is 0.160. The highest BCUT2D eigenvalue weighted by atomic mass is 79.9. The third-order valence-corrected chi connectivity index (χ3v) is 4.00. The molecule has 1 unspecified atom stereocenters. The SMILES string of the molecule is O=C1CC(Nc2c(Br)cc(Br)cc2Br)C(=O)N1. The first-order chi connectivity index (χ1) is 7.97. The number of benzene rings is 1. The van der Waals surface area contributed by atoms with Crippen molar-refractivity contribution >= 4 is 65.3 Å². The first kappa shape index (κ1) is 13.0. The molecule has 0 spiro atoms. The van der Waals surface area contributed by atoms with E-state index in [1.54, 1.807) is 0 Å². The molecule has 1 aliphatic rings. The smallest absolute Gasteiger partial charge is 0.249 e. The average molecular weight is 427 g/mol. The molecular formula is C10H7Br3N2O2. The van der Waals surface area contributed by atoms with Crippen LogP contribution in [0.4, 0.5) is 5.69 Å². The molecule has 0 radical (unpaired) electrons. The summed E-state index contributed by atoms with van der Waals surface area (Å²) in [5.41, 5.74) is 0.753. The predicted molar refractivity (Wildman–Crippen MR) is 74.7 cm³/mol. The van der Waals surface area contributed by atoms with E-state index in [0.29, 0.717) is 0 Å². The van der Waals surface area contributed by atoms with Gasteiger partial charge in [0, 0.05) is 13.4 Å². The minimum atomic E-state index is -0.517. The van der Waals surface area contributed by atoms with Crippen molar-refractivity contribution in [2.75, 3.05) is 5.32 Å². The molecule has 90 valence electrons. The molecule has 1 aliphatic heterocycles. The maximum atomic E-state index is 11.4. The Morgan fingerprint density at radius 3 is 2.24 bits per heavy atom. The van der Waals surface area contributed by atoms with Crippen LogP contribution in [0.3, 0.4) is 0 Å². The third-order valence-electron chi connectivity index (χ3n) is 2.29. The summed E-state index contributed by atoms with van der Waals surface area (Å²) in [7, 11) is 0. The molecular weight excluding hydrogens is 420 g/mol. The number of halogens is 3. The summed E-state index contributed by atoms with van der Waals surface area (Å²) in [6, 6.07) is 3.21. The van der Waals surface area contributed by atoms with Crippen molar-refractivity contribution in [1.82, 2.24) is 5.32 Å². The number of hydrogen-bond donors (Lipinski definition) is 2. The van der Waals surface area contributed by atoms with Gasteiger partial charge in [-0.25, -0.2) is 0 Å². The molecule has 1 aromatic carbocycles. The van der Waals surface area contributed by atoms with Gasteiger partial charge in [0.15, 0.2) is 0 Å². The van der Waals surface area contributed by atoms with Gasteiger partial charge in [0.1, 0.15) is 6.04 Å². The van der Waals surface area contributed by atoms with E-state index < -0.39 is 6.04 Å². The first-order valence-corrected chi connectivity index (χ1v) is 7.10. The summed E-state index contributed by atoms with van der Waals surface area (Å²) < 4.78 is 2.53. The van der Waals surface area contributed by atoms with E-state index in [4.69, 9.17) is 0 Å². The van der Waals surface area contributed by atoms with Gasteiger partial charge in [-0.1, -0.05) is 15.9 Å². The number of carbonyl (C=O) groups is 2. The van der Waals surface area contributed by atoms with Crippen molar-refractivity contribution < 1.29 is 9.59 Å². The van der Waals surface area contributed by atoms with E-state index >= 15 is 0 Å². The number of imide groups is 1. The van der Waals surface area contributed by atoms with Crippen LogP contribution in [-0.2, 0) is 9.59 Å². The molecule has 1 fully saturated rings. The minimum absolute atomic E-state index is 0.160. The topological polar surface area (TPSA) is 58.2 Å². The van der Waals surface area contributed by atoms with Crippen LogP contribution in [0, 0.1) is 0 Å². The Labute approximate surface area is 123 Å². The molecule has 7 heteroatoms. The summed E-state index contributed by atoms with van der Waals surface area (Å²) in [5, 5.41) is 5.29. The molecule has 0 aromatic heterocycles. The number of rotatable bonds is 2. The van der Waals surface area contributed by atoms with Crippen molar-refractivity contribution in [1.29, 1.82) is 0 Å². The van der Waals surface area contributed by atoms with Gasteiger partial charge in [0.2, 0.25) is 11.8 Å². The van der Waals surface area contributed by atoms with Gasteiger partial charge < -0.3 is 5.32 Å². The van der Waals surface area contributed by atoms with Gasteiger partial charge in [-0.15, -0.1) is 0 Å². The Bertz CT molecular complexity index is 481. The van der Waals surface area contributed by atoms with Crippen molar-refractivity contribution in [3.8, 4) is 0 Å². The molecule has 0 saturated carbocycles. The van der Waals surface area contributed by atoms with Gasteiger partial charge in [-0.05, 0) is 44.0 Å². The molecule has 2 amide bonds. The average Bonchev–Trinajstić information content (AvgIpc) is 2.51. The van der Waals surface area contributed by atoms with Crippen LogP contribution in [0.15, 0.2) is 25.6 Å². The van der Waals surface area contributed by atoms with Crippen LogP contribution in [0.25, 0.3) is 0 Å². The largest absolute Gasteiger partial charge is 0.371 e. The lowest BCUT2D eigenvalue weighted by molar-refractivity contribution is -0.124. The maximum absolute atomic E-state index is 11.4. The Morgan fingerprint density at radius 2 is 1.76 bits per heavy atom. The van der Waals surface area contributed by atoms with E-state index in [1.165, 1.54) is 0 Å².